The van der Waals surface area contributed by atoms with Crippen molar-refractivity contribution in [3.63, 3.8) is 0 Å². The summed E-state index contributed by atoms with van der Waals surface area (Å²) in [7, 11) is 0. The monoisotopic (exact) mass is 606 g/mol. The van der Waals surface area contributed by atoms with Crippen LogP contribution in [-0.4, -0.2) is 9.97 Å². The smallest absolute Gasteiger partial charge is 0.0986 e. The predicted molar refractivity (Wildman–Crippen MR) is 202 cm³/mol. The van der Waals surface area contributed by atoms with Crippen molar-refractivity contribution >= 4 is 27.8 Å². The Kier molecular flexibility index (Phi) is 8.83. The van der Waals surface area contributed by atoms with Crippen molar-refractivity contribution in [2.75, 3.05) is 0 Å². The van der Waals surface area contributed by atoms with E-state index in [-0.39, 0.29) is 0 Å². The molecule has 0 fully saturated rings. The van der Waals surface area contributed by atoms with Gasteiger partial charge in [-0.15, -0.1) is 0 Å². The molecule has 228 valence electrons. The largest absolute Gasteiger partial charge is 0.245 e. The van der Waals surface area contributed by atoms with E-state index in [9.17, 15) is 0 Å². The summed E-state index contributed by atoms with van der Waals surface area (Å²) in [5.41, 5.74) is 14.8. The molecular formula is C45H38N2. The molecular weight excluding hydrogens is 569 g/mol. The Bertz CT molecular complexity index is 2120. The fraction of sp³-hybridized carbons (Fsp3) is 0.111. The second-order valence-corrected chi connectivity index (χ2v) is 11.9. The highest BCUT2D eigenvalue weighted by atomic mass is 14.8. The molecule has 3 aromatic carbocycles. The van der Waals surface area contributed by atoms with E-state index >= 15 is 0 Å². The van der Waals surface area contributed by atoms with E-state index in [4.69, 9.17) is 9.97 Å². The fourth-order valence-corrected chi connectivity index (χ4v) is 6.73. The van der Waals surface area contributed by atoms with Gasteiger partial charge in [0.05, 0.1) is 22.4 Å². The molecule has 0 spiro atoms. The first kappa shape index (κ1) is 30.1. The normalized spacial score (nSPS) is 14.8. The van der Waals surface area contributed by atoms with Crippen LogP contribution in [0, 0.1) is 0 Å². The third kappa shape index (κ3) is 5.91. The minimum absolute atomic E-state index is 0.882. The van der Waals surface area contributed by atoms with Crippen LogP contribution in [0.3, 0.4) is 0 Å². The number of pyridine rings is 2. The van der Waals surface area contributed by atoms with Gasteiger partial charge in [0.25, 0.3) is 0 Å². The molecule has 2 heterocycles. The number of allylic oxidation sites excluding steroid dienone is 13. The Labute approximate surface area is 278 Å². The summed E-state index contributed by atoms with van der Waals surface area (Å²) < 4.78 is 0. The van der Waals surface area contributed by atoms with Crippen LogP contribution in [-0.2, 0) is 0 Å². The van der Waals surface area contributed by atoms with E-state index in [2.05, 4.69) is 159 Å². The maximum atomic E-state index is 5.68. The SMILES string of the molecule is C=C/C=C(\C=C/C)c1c(C2=CCCC=C2)c(-c2ccccc2)nc2c(-c3ccccc3)c(C3=CCCC=C3)c(-c3ccccc3)nc12. The molecule has 2 aliphatic carbocycles. The molecule has 2 aliphatic rings. The summed E-state index contributed by atoms with van der Waals surface area (Å²) in [5, 5.41) is 0. The first-order valence-electron chi connectivity index (χ1n) is 16.6. The van der Waals surface area contributed by atoms with Crippen molar-refractivity contribution in [3.05, 3.63) is 175 Å². The Hall–Kier alpha value is -5.60. The van der Waals surface area contributed by atoms with Crippen LogP contribution < -0.4 is 0 Å². The number of nitrogens with zero attached hydrogens (tertiary/aromatic N) is 2. The third-order valence-electron chi connectivity index (χ3n) is 8.78. The lowest BCUT2D eigenvalue weighted by atomic mass is 9.83. The van der Waals surface area contributed by atoms with E-state index in [1.165, 1.54) is 11.1 Å². The predicted octanol–water partition coefficient (Wildman–Crippen LogP) is 12.2. The molecule has 0 N–H and O–H groups in total. The van der Waals surface area contributed by atoms with Gasteiger partial charge in [-0.3, -0.25) is 0 Å². The summed E-state index contributed by atoms with van der Waals surface area (Å²) in [6, 6.07) is 31.9. The zero-order valence-electron chi connectivity index (χ0n) is 26.9. The lowest BCUT2D eigenvalue weighted by molar-refractivity contribution is 1.04. The van der Waals surface area contributed by atoms with Gasteiger partial charge in [0.15, 0.2) is 0 Å². The van der Waals surface area contributed by atoms with Crippen LogP contribution >= 0.6 is 0 Å². The molecule has 0 atom stereocenters. The number of aromatic nitrogens is 2. The molecule has 0 radical (unpaired) electrons. The Morgan fingerprint density at radius 1 is 0.596 bits per heavy atom. The fourth-order valence-electron chi connectivity index (χ4n) is 6.73. The number of benzene rings is 3. The molecule has 47 heavy (non-hydrogen) atoms. The molecule has 0 aliphatic heterocycles. The molecule has 5 aromatic rings. The van der Waals surface area contributed by atoms with E-state index in [1.54, 1.807) is 0 Å². The van der Waals surface area contributed by atoms with E-state index in [0.717, 1.165) is 92.6 Å². The van der Waals surface area contributed by atoms with Crippen LogP contribution in [0.2, 0.25) is 0 Å². The molecule has 2 aromatic heterocycles. The topological polar surface area (TPSA) is 25.8 Å². The molecule has 0 amide bonds. The van der Waals surface area contributed by atoms with Crippen molar-refractivity contribution in [2.24, 2.45) is 0 Å². The standard InChI is InChI=1S/C45H38N2/c1-3-20-32(21-4-2)40-38(33-22-10-5-11-23-33)42(36-28-16-8-17-29-36)47-45-41(35-26-14-7-15-27-35)39(34-24-12-6-13-25-34)43(46-44(40)45)37-30-18-9-19-31-37/h3-4,7-10,12,14-31H,1,5-6,11,13H2,2H3/b21-4-,32-20+. The summed E-state index contributed by atoms with van der Waals surface area (Å²) in [6.07, 6.45) is 26.1. The van der Waals surface area contributed by atoms with Crippen LogP contribution in [0.15, 0.2) is 158 Å². The van der Waals surface area contributed by atoms with E-state index < -0.39 is 0 Å². The summed E-state index contributed by atoms with van der Waals surface area (Å²) >= 11 is 0. The van der Waals surface area contributed by atoms with E-state index in [1.807, 2.05) is 6.08 Å². The maximum Gasteiger partial charge on any atom is 0.0986 e. The Balaban J connectivity index is 1.77. The van der Waals surface area contributed by atoms with Crippen LogP contribution in [0.1, 0.15) is 49.3 Å². The average Bonchev–Trinajstić information content (AvgIpc) is 3.15. The minimum Gasteiger partial charge on any atom is -0.245 e. The number of hydrogen-bond donors (Lipinski definition) is 0. The second kappa shape index (κ2) is 13.8. The maximum absolute atomic E-state index is 5.68. The lowest BCUT2D eigenvalue weighted by Gasteiger charge is -2.25. The molecule has 2 heteroatoms. The van der Waals surface area contributed by atoms with Gasteiger partial charge in [0.2, 0.25) is 0 Å². The molecule has 0 saturated heterocycles. The van der Waals surface area contributed by atoms with Crippen LogP contribution in [0.5, 0.6) is 0 Å². The first-order chi connectivity index (χ1) is 23.3. The Morgan fingerprint density at radius 2 is 1.11 bits per heavy atom. The molecule has 0 unspecified atom stereocenters. The Morgan fingerprint density at radius 3 is 1.62 bits per heavy atom. The van der Waals surface area contributed by atoms with Crippen LogP contribution in [0.25, 0.3) is 61.4 Å². The van der Waals surface area contributed by atoms with Crippen molar-refractivity contribution in [3.8, 4) is 33.6 Å². The summed E-state index contributed by atoms with van der Waals surface area (Å²) in [6.45, 7) is 6.19. The average molecular weight is 607 g/mol. The van der Waals surface area contributed by atoms with E-state index in [0.29, 0.717) is 0 Å². The van der Waals surface area contributed by atoms with Gasteiger partial charge in [-0.25, -0.2) is 9.97 Å². The zero-order chi connectivity index (χ0) is 32.0. The molecule has 2 nitrogen and oxygen atoms in total. The van der Waals surface area contributed by atoms with Crippen LogP contribution in [0.4, 0.5) is 0 Å². The van der Waals surface area contributed by atoms with Crippen molar-refractivity contribution < 1.29 is 0 Å². The quantitative estimate of drug-likeness (QED) is 0.164. The third-order valence-corrected chi connectivity index (χ3v) is 8.78. The molecule has 0 bridgehead atoms. The lowest BCUT2D eigenvalue weighted by Crippen LogP contribution is -2.07. The van der Waals surface area contributed by atoms with Gasteiger partial charge in [0, 0.05) is 33.4 Å². The minimum atomic E-state index is 0.882. The van der Waals surface area contributed by atoms with Gasteiger partial charge in [-0.05, 0) is 54.9 Å². The van der Waals surface area contributed by atoms with Gasteiger partial charge in [0.1, 0.15) is 0 Å². The second-order valence-electron chi connectivity index (χ2n) is 11.9. The highest BCUT2D eigenvalue weighted by Crippen LogP contribution is 2.47. The molecule has 7 rings (SSSR count). The van der Waals surface area contributed by atoms with Gasteiger partial charge >= 0.3 is 0 Å². The van der Waals surface area contributed by atoms with Gasteiger partial charge in [-0.2, -0.15) is 0 Å². The zero-order valence-corrected chi connectivity index (χ0v) is 26.9. The summed E-state index contributed by atoms with van der Waals surface area (Å²) in [4.78, 5) is 11.4. The number of rotatable bonds is 8. The molecule has 0 saturated carbocycles. The highest BCUT2D eigenvalue weighted by Gasteiger charge is 2.28. The van der Waals surface area contributed by atoms with Crippen molar-refractivity contribution in [2.45, 2.75) is 32.6 Å². The summed E-state index contributed by atoms with van der Waals surface area (Å²) in [5.74, 6) is 0. The van der Waals surface area contributed by atoms with Gasteiger partial charge < -0.3 is 0 Å². The highest BCUT2D eigenvalue weighted by molar-refractivity contribution is 6.11. The van der Waals surface area contributed by atoms with Crippen molar-refractivity contribution in [1.29, 1.82) is 0 Å². The number of fused-ring (bicyclic) bond motifs is 1. The van der Waals surface area contributed by atoms with Crippen molar-refractivity contribution in [1.82, 2.24) is 9.97 Å². The first-order valence-corrected chi connectivity index (χ1v) is 16.6. The number of hydrogen-bond acceptors (Lipinski definition) is 2. The van der Waals surface area contributed by atoms with Gasteiger partial charge in [-0.1, -0.05) is 158 Å².